The zero-order valence-corrected chi connectivity index (χ0v) is 17.8. The number of carbonyl (C=O) groups is 1. The van der Waals surface area contributed by atoms with Gasteiger partial charge in [0.05, 0.1) is 6.20 Å². The van der Waals surface area contributed by atoms with Crippen molar-refractivity contribution in [3.8, 4) is 11.8 Å². The number of amides is 1. The number of nitrogens with zero attached hydrogens (tertiary/aromatic N) is 4. The number of aromatic nitrogens is 2. The van der Waals surface area contributed by atoms with Crippen molar-refractivity contribution < 1.29 is 22.7 Å². The van der Waals surface area contributed by atoms with Crippen LogP contribution in [-0.4, -0.2) is 59.9 Å². The number of halogens is 3. The smallest absolute Gasteiger partial charge is 0.405 e. The van der Waals surface area contributed by atoms with Gasteiger partial charge in [-0.2, -0.15) is 10.2 Å². The Balaban J connectivity index is 1.55. The fraction of sp³-hybridized carbons (Fsp3) is 0.429. The van der Waals surface area contributed by atoms with E-state index in [9.17, 15) is 23.2 Å². The van der Waals surface area contributed by atoms with E-state index in [1.807, 2.05) is 11.0 Å². The van der Waals surface area contributed by atoms with Crippen LogP contribution >= 0.6 is 0 Å². The molecule has 0 saturated carbocycles. The lowest BCUT2D eigenvalue weighted by atomic mass is 10.2. The van der Waals surface area contributed by atoms with Gasteiger partial charge in [0, 0.05) is 51.3 Å². The van der Waals surface area contributed by atoms with Crippen molar-refractivity contribution in [3.63, 3.8) is 0 Å². The Morgan fingerprint density at radius 3 is 2.73 bits per heavy atom. The average molecular weight is 463 g/mol. The molecule has 3 N–H and O–H groups in total. The molecular weight excluding hydrogens is 439 g/mol. The van der Waals surface area contributed by atoms with Gasteiger partial charge in [-0.1, -0.05) is 18.2 Å². The van der Waals surface area contributed by atoms with Crippen molar-refractivity contribution in [3.05, 3.63) is 41.6 Å². The molecule has 176 valence electrons. The van der Waals surface area contributed by atoms with E-state index < -0.39 is 6.36 Å². The molecule has 1 fully saturated rings. The van der Waals surface area contributed by atoms with Crippen molar-refractivity contribution in [2.24, 2.45) is 0 Å². The lowest BCUT2D eigenvalue weighted by Crippen LogP contribution is -2.46. The van der Waals surface area contributed by atoms with Crippen LogP contribution < -0.4 is 20.7 Å². The van der Waals surface area contributed by atoms with E-state index in [0.717, 1.165) is 13.1 Å². The summed E-state index contributed by atoms with van der Waals surface area (Å²) in [5.41, 5.74) is 0.485. The highest BCUT2D eigenvalue weighted by atomic mass is 19.4. The molecule has 1 aliphatic rings. The summed E-state index contributed by atoms with van der Waals surface area (Å²) in [5, 5.41) is 18.4. The number of anilines is 2. The van der Waals surface area contributed by atoms with Crippen LogP contribution in [0.3, 0.4) is 0 Å². The number of benzene rings is 1. The molecule has 0 spiro atoms. The van der Waals surface area contributed by atoms with Crippen LogP contribution in [0, 0.1) is 11.3 Å². The fourth-order valence-electron chi connectivity index (χ4n) is 3.25. The first-order valence-corrected chi connectivity index (χ1v) is 10.4. The number of para-hydroxylation sites is 1. The molecule has 9 nitrogen and oxygen atoms in total. The monoisotopic (exact) mass is 463 g/mol. The van der Waals surface area contributed by atoms with Crippen molar-refractivity contribution in [1.29, 1.82) is 5.26 Å². The molecule has 1 aromatic heterocycles. The molecule has 0 radical (unpaired) electrons. The van der Waals surface area contributed by atoms with Gasteiger partial charge < -0.3 is 25.6 Å². The van der Waals surface area contributed by atoms with Crippen LogP contribution in [0.2, 0.25) is 0 Å². The van der Waals surface area contributed by atoms with Crippen LogP contribution in [0.25, 0.3) is 0 Å². The number of hydrogen-bond acceptors (Lipinski definition) is 8. The van der Waals surface area contributed by atoms with Crippen LogP contribution in [0.1, 0.15) is 24.0 Å². The zero-order valence-electron chi connectivity index (χ0n) is 17.8. The summed E-state index contributed by atoms with van der Waals surface area (Å²) >= 11 is 0. The predicted molar refractivity (Wildman–Crippen MR) is 114 cm³/mol. The first kappa shape index (κ1) is 24.1. The van der Waals surface area contributed by atoms with Gasteiger partial charge in [0.2, 0.25) is 11.9 Å². The van der Waals surface area contributed by atoms with E-state index in [0.29, 0.717) is 32.5 Å². The van der Waals surface area contributed by atoms with E-state index in [-0.39, 0.29) is 41.1 Å². The topological polar surface area (TPSA) is 115 Å². The maximum absolute atomic E-state index is 12.6. The van der Waals surface area contributed by atoms with Crippen LogP contribution in [-0.2, 0) is 11.3 Å². The highest BCUT2D eigenvalue weighted by molar-refractivity contribution is 5.76. The molecule has 1 amide bonds. The second-order valence-electron chi connectivity index (χ2n) is 7.24. The minimum absolute atomic E-state index is 0.0171. The van der Waals surface area contributed by atoms with E-state index in [4.69, 9.17) is 0 Å². The molecule has 33 heavy (non-hydrogen) atoms. The number of rotatable bonds is 9. The van der Waals surface area contributed by atoms with Crippen LogP contribution in [0.4, 0.5) is 24.9 Å². The van der Waals surface area contributed by atoms with Gasteiger partial charge in [-0.25, -0.2) is 4.98 Å². The van der Waals surface area contributed by atoms with Gasteiger partial charge in [-0.05, 0) is 12.5 Å². The average Bonchev–Trinajstić information content (AvgIpc) is 2.81. The number of ether oxygens (including phenoxy) is 1. The summed E-state index contributed by atoms with van der Waals surface area (Å²) in [6.45, 7) is 3.38. The molecule has 1 aromatic carbocycles. The molecule has 2 aromatic rings. The molecule has 1 saturated heterocycles. The van der Waals surface area contributed by atoms with Crippen LogP contribution in [0.5, 0.6) is 5.75 Å². The lowest BCUT2D eigenvalue weighted by molar-refractivity contribution is -0.274. The van der Waals surface area contributed by atoms with Gasteiger partial charge >= 0.3 is 6.36 Å². The van der Waals surface area contributed by atoms with Gasteiger partial charge in [-0.15, -0.1) is 13.2 Å². The maximum Gasteiger partial charge on any atom is 0.573 e. The number of piperazine rings is 1. The molecule has 0 atom stereocenters. The van der Waals surface area contributed by atoms with Gasteiger partial charge in [0.1, 0.15) is 23.2 Å². The summed E-state index contributed by atoms with van der Waals surface area (Å²) in [4.78, 5) is 22.3. The summed E-state index contributed by atoms with van der Waals surface area (Å²) in [6.07, 6.45) is -2.55. The van der Waals surface area contributed by atoms with Gasteiger partial charge in [0.25, 0.3) is 0 Å². The molecule has 12 heteroatoms. The second-order valence-corrected chi connectivity index (χ2v) is 7.24. The van der Waals surface area contributed by atoms with Crippen molar-refractivity contribution >= 4 is 17.7 Å². The van der Waals surface area contributed by atoms with E-state index >= 15 is 0 Å². The molecule has 0 bridgehead atoms. The Morgan fingerprint density at radius 1 is 1.24 bits per heavy atom. The minimum Gasteiger partial charge on any atom is -0.405 e. The second kappa shape index (κ2) is 11.3. The number of alkyl halides is 3. The largest absolute Gasteiger partial charge is 0.573 e. The normalized spacial score (nSPS) is 13.8. The molecule has 3 rings (SSSR count). The molecule has 0 aliphatic carbocycles. The minimum atomic E-state index is -4.80. The Hall–Kier alpha value is -3.59. The first-order chi connectivity index (χ1) is 15.9. The summed E-state index contributed by atoms with van der Waals surface area (Å²) in [5.74, 6) is 0.182. The van der Waals surface area contributed by atoms with E-state index in [2.05, 4.69) is 30.7 Å². The quantitative estimate of drug-likeness (QED) is 0.486. The zero-order chi connectivity index (χ0) is 23.7. The number of nitriles is 1. The molecule has 2 heterocycles. The molecular formula is C21H24F3N7O2. The first-order valence-electron chi connectivity index (χ1n) is 10.4. The summed E-state index contributed by atoms with van der Waals surface area (Å²) in [6, 6.07) is 7.74. The van der Waals surface area contributed by atoms with Crippen molar-refractivity contribution in [2.45, 2.75) is 25.7 Å². The Labute approximate surface area is 189 Å². The summed E-state index contributed by atoms with van der Waals surface area (Å²) in [7, 11) is 0. The summed E-state index contributed by atoms with van der Waals surface area (Å²) < 4.78 is 41.8. The SMILES string of the molecule is N#Cc1cnc(NCc2ccccc2OC(F)(F)F)nc1NCCCC(=O)N1CCNCC1. The van der Waals surface area contributed by atoms with Crippen molar-refractivity contribution in [1.82, 2.24) is 20.2 Å². The Bertz CT molecular complexity index is 989. The fourth-order valence-corrected chi connectivity index (χ4v) is 3.25. The maximum atomic E-state index is 12.6. The lowest BCUT2D eigenvalue weighted by Gasteiger charge is -2.27. The van der Waals surface area contributed by atoms with Crippen molar-refractivity contribution in [2.75, 3.05) is 43.4 Å². The highest BCUT2D eigenvalue weighted by Gasteiger charge is 2.32. The predicted octanol–water partition coefficient (Wildman–Crippen LogP) is 2.48. The number of carbonyl (C=O) groups excluding carboxylic acids is 1. The highest BCUT2D eigenvalue weighted by Crippen LogP contribution is 2.26. The molecule has 0 unspecified atom stereocenters. The third kappa shape index (κ3) is 7.50. The van der Waals surface area contributed by atoms with E-state index in [1.54, 1.807) is 6.07 Å². The number of nitrogens with one attached hydrogen (secondary N) is 3. The number of hydrogen-bond donors (Lipinski definition) is 3. The molecule has 1 aliphatic heterocycles. The Morgan fingerprint density at radius 2 is 2.00 bits per heavy atom. The third-order valence-electron chi connectivity index (χ3n) is 4.87. The van der Waals surface area contributed by atoms with E-state index in [1.165, 1.54) is 24.4 Å². The van der Waals surface area contributed by atoms with Gasteiger partial charge in [0.15, 0.2) is 0 Å². The van der Waals surface area contributed by atoms with Crippen LogP contribution in [0.15, 0.2) is 30.5 Å². The Kier molecular flexibility index (Phi) is 8.26. The third-order valence-corrected chi connectivity index (χ3v) is 4.87. The standard InChI is InChI=1S/C21H24F3N7O2/c22-21(23,24)33-17-5-2-1-4-15(17)13-28-20-29-14-16(12-25)19(30-20)27-7-3-6-18(32)31-10-8-26-9-11-31/h1-2,4-5,14,26H,3,6-11,13H2,(H2,27,28,29,30). The van der Waals surface area contributed by atoms with Gasteiger partial charge in [-0.3, -0.25) is 4.79 Å².